The molecule has 1 saturated heterocycles. The molecule has 0 bridgehead atoms. The van der Waals surface area contributed by atoms with E-state index in [1.54, 1.807) is 24.7 Å². The fraction of sp³-hybridized carbons (Fsp3) is 0.321. The molecule has 1 aliphatic rings. The van der Waals surface area contributed by atoms with Gasteiger partial charge in [-0.3, -0.25) is 9.69 Å². The fourth-order valence-electron chi connectivity index (χ4n) is 4.69. The average Bonchev–Trinajstić information content (AvgIpc) is 3.58. The number of nitrogens with zero attached hydrogens (tertiary/aromatic N) is 5. The molecule has 0 saturated carbocycles. The Morgan fingerprint density at radius 2 is 1.79 bits per heavy atom. The average molecular weight is 518 g/mol. The van der Waals surface area contributed by atoms with Crippen molar-refractivity contribution in [2.45, 2.75) is 19.9 Å². The monoisotopic (exact) mass is 517 g/mol. The third-order valence-electron chi connectivity index (χ3n) is 6.78. The van der Waals surface area contributed by atoms with Crippen LogP contribution in [0.4, 0.5) is 15.8 Å². The first-order valence-corrected chi connectivity index (χ1v) is 12.8. The summed E-state index contributed by atoms with van der Waals surface area (Å²) in [5.41, 5.74) is 4.19. The molecule has 0 unspecified atom stereocenters. The third-order valence-corrected chi connectivity index (χ3v) is 6.78. The van der Waals surface area contributed by atoms with Crippen molar-refractivity contribution in [2.75, 3.05) is 49.5 Å². The van der Waals surface area contributed by atoms with Crippen molar-refractivity contribution in [2.24, 2.45) is 0 Å². The number of hydrogen-bond acceptors (Lipinski definition) is 6. The number of carbonyl (C=O) groups is 1. The highest BCUT2D eigenvalue weighted by molar-refractivity contribution is 6.03. The zero-order valence-electron chi connectivity index (χ0n) is 21.6. The molecule has 0 spiro atoms. The Hall–Kier alpha value is -4.02. The number of anilines is 2. The molecule has 3 N–H and O–H groups in total. The van der Waals surface area contributed by atoms with E-state index in [1.807, 2.05) is 42.7 Å². The number of aromatic amines is 1. The van der Waals surface area contributed by atoms with Crippen LogP contribution in [0.1, 0.15) is 30.4 Å². The molecule has 1 amide bonds. The van der Waals surface area contributed by atoms with Crippen LogP contribution in [0.5, 0.6) is 0 Å². The summed E-state index contributed by atoms with van der Waals surface area (Å²) in [4.78, 5) is 29.8. The Morgan fingerprint density at radius 3 is 2.45 bits per heavy atom. The van der Waals surface area contributed by atoms with E-state index in [9.17, 15) is 9.18 Å². The van der Waals surface area contributed by atoms with E-state index in [2.05, 4.69) is 30.1 Å². The van der Waals surface area contributed by atoms with Crippen LogP contribution in [0, 0.1) is 5.82 Å². The Morgan fingerprint density at radius 1 is 1.08 bits per heavy atom. The van der Waals surface area contributed by atoms with Gasteiger partial charge in [0.2, 0.25) is 0 Å². The number of benzene rings is 2. The van der Waals surface area contributed by atoms with Crippen LogP contribution < -0.4 is 10.2 Å². The molecule has 1 aliphatic heterocycles. The van der Waals surface area contributed by atoms with Gasteiger partial charge in [0.1, 0.15) is 17.2 Å². The molecule has 4 aromatic rings. The van der Waals surface area contributed by atoms with Crippen molar-refractivity contribution in [1.82, 2.24) is 24.4 Å². The standard InChI is InChI=1S/C28H32FN7O2/c1-19(2)36-18-31-25(20-3-5-21(29)6-4-20)26(36)27-30-17-24(33-27)28(38)32-22-7-9-23(10-8-22)35-13-11-34(12-14-35)15-16-37/h3-10,17-19,37H,11-16H2,1-2H3,(H,30,33)(H,32,38). The minimum atomic E-state index is -0.322. The van der Waals surface area contributed by atoms with Crippen molar-refractivity contribution in [3.05, 3.63) is 72.6 Å². The van der Waals surface area contributed by atoms with Gasteiger partial charge in [-0.25, -0.2) is 14.4 Å². The molecular weight excluding hydrogens is 485 g/mol. The number of aromatic nitrogens is 4. The number of amides is 1. The van der Waals surface area contributed by atoms with E-state index < -0.39 is 0 Å². The maximum Gasteiger partial charge on any atom is 0.275 e. The Bertz CT molecular complexity index is 1370. The van der Waals surface area contributed by atoms with E-state index in [0.717, 1.165) is 43.1 Å². The highest BCUT2D eigenvalue weighted by Gasteiger charge is 2.21. The highest BCUT2D eigenvalue weighted by atomic mass is 19.1. The van der Waals surface area contributed by atoms with E-state index >= 15 is 0 Å². The first-order chi connectivity index (χ1) is 18.4. The van der Waals surface area contributed by atoms with Crippen molar-refractivity contribution in [3.63, 3.8) is 0 Å². The lowest BCUT2D eigenvalue weighted by Crippen LogP contribution is -2.47. The first-order valence-electron chi connectivity index (χ1n) is 12.8. The van der Waals surface area contributed by atoms with Gasteiger partial charge < -0.3 is 24.9 Å². The van der Waals surface area contributed by atoms with Crippen molar-refractivity contribution in [3.8, 4) is 22.8 Å². The van der Waals surface area contributed by atoms with Crippen molar-refractivity contribution in [1.29, 1.82) is 0 Å². The number of piperazine rings is 1. The number of aliphatic hydroxyl groups excluding tert-OH is 1. The van der Waals surface area contributed by atoms with Crippen LogP contribution in [0.15, 0.2) is 61.1 Å². The summed E-state index contributed by atoms with van der Waals surface area (Å²) in [6, 6.07) is 14.1. The van der Waals surface area contributed by atoms with Crippen LogP contribution in [-0.4, -0.2) is 74.8 Å². The van der Waals surface area contributed by atoms with Crippen LogP contribution in [-0.2, 0) is 0 Å². The van der Waals surface area contributed by atoms with Gasteiger partial charge in [-0.1, -0.05) is 0 Å². The normalized spacial score (nSPS) is 14.3. The summed E-state index contributed by atoms with van der Waals surface area (Å²) in [7, 11) is 0. The summed E-state index contributed by atoms with van der Waals surface area (Å²) in [6.45, 7) is 8.59. The number of halogens is 1. The number of hydrogen-bond donors (Lipinski definition) is 3. The van der Waals surface area contributed by atoms with Crippen LogP contribution in [0.25, 0.3) is 22.8 Å². The van der Waals surface area contributed by atoms with Crippen LogP contribution >= 0.6 is 0 Å². The molecule has 2 aromatic carbocycles. The van der Waals surface area contributed by atoms with E-state index in [1.165, 1.54) is 12.1 Å². The Balaban J connectivity index is 1.30. The number of H-pyrrole nitrogens is 1. The summed E-state index contributed by atoms with van der Waals surface area (Å²) in [5.74, 6) is -0.127. The maximum absolute atomic E-state index is 13.5. The molecule has 10 heteroatoms. The molecule has 9 nitrogen and oxygen atoms in total. The second-order valence-corrected chi connectivity index (χ2v) is 9.64. The number of carbonyl (C=O) groups excluding carboxylic acids is 1. The smallest absolute Gasteiger partial charge is 0.275 e. The SMILES string of the molecule is CC(C)n1cnc(-c2ccc(F)cc2)c1-c1nc(C(=O)Nc2ccc(N3CCN(CCO)CC3)cc2)c[nH]1. The zero-order valence-corrected chi connectivity index (χ0v) is 21.6. The summed E-state index contributed by atoms with van der Waals surface area (Å²) < 4.78 is 15.5. The van der Waals surface area contributed by atoms with E-state index in [4.69, 9.17) is 5.11 Å². The number of nitrogens with one attached hydrogen (secondary N) is 2. The molecule has 198 valence electrons. The zero-order chi connectivity index (χ0) is 26.6. The van der Waals surface area contributed by atoms with E-state index in [0.29, 0.717) is 23.8 Å². The van der Waals surface area contributed by atoms with Gasteiger partial charge in [-0.15, -0.1) is 0 Å². The van der Waals surface area contributed by atoms with Gasteiger partial charge in [0.05, 0.1) is 18.6 Å². The maximum atomic E-state index is 13.5. The Labute approximate surface area is 221 Å². The van der Waals surface area contributed by atoms with Gasteiger partial charge in [0, 0.05) is 61.9 Å². The lowest BCUT2D eigenvalue weighted by Gasteiger charge is -2.35. The lowest BCUT2D eigenvalue weighted by molar-refractivity contribution is 0.102. The summed E-state index contributed by atoms with van der Waals surface area (Å²) >= 11 is 0. The molecular formula is C28H32FN7O2. The number of imidazole rings is 2. The number of rotatable bonds is 8. The Kier molecular flexibility index (Phi) is 7.52. The van der Waals surface area contributed by atoms with Crippen molar-refractivity contribution >= 4 is 17.3 Å². The number of β-amino-alcohol motifs (C(OH)–C–C–N with tert-alkyl or cyclic N) is 1. The van der Waals surface area contributed by atoms with Gasteiger partial charge in [0.25, 0.3) is 5.91 Å². The quantitative estimate of drug-likeness (QED) is 0.326. The minimum absolute atomic E-state index is 0.102. The van der Waals surface area contributed by atoms with Gasteiger partial charge >= 0.3 is 0 Å². The molecule has 3 heterocycles. The van der Waals surface area contributed by atoms with Gasteiger partial charge in [-0.05, 0) is 62.4 Å². The topological polar surface area (TPSA) is 102 Å². The highest BCUT2D eigenvalue weighted by Crippen LogP contribution is 2.32. The lowest BCUT2D eigenvalue weighted by atomic mass is 10.1. The largest absolute Gasteiger partial charge is 0.395 e. The van der Waals surface area contributed by atoms with Crippen LogP contribution in [0.3, 0.4) is 0 Å². The molecule has 0 atom stereocenters. The first kappa shape index (κ1) is 25.6. The third kappa shape index (κ3) is 5.46. The second kappa shape index (κ2) is 11.2. The predicted molar refractivity (Wildman–Crippen MR) is 146 cm³/mol. The summed E-state index contributed by atoms with van der Waals surface area (Å²) in [5, 5.41) is 12.0. The van der Waals surface area contributed by atoms with Gasteiger partial charge in [0.15, 0.2) is 5.82 Å². The van der Waals surface area contributed by atoms with Gasteiger partial charge in [-0.2, -0.15) is 0 Å². The minimum Gasteiger partial charge on any atom is -0.395 e. The molecule has 38 heavy (non-hydrogen) atoms. The molecule has 0 aliphatic carbocycles. The molecule has 1 fully saturated rings. The second-order valence-electron chi connectivity index (χ2n) is 9.64. The summed E-state index contributed by atoms with van der Waals surface area (Å²) in [6.07, 6.45) is 3.31. The van der Waals surface area contributed by atoms with Crippen molar-refractivity contribution < 1.29 is 14.3 Å². The fourth-order valence-corrected chi connectivity index (χ4v) is 4.69. The molecule has 5 rings (SSSR count). The molecule has 0 radical (unpaired) electrons. The van der Waals surface area contributed by atoms with E-state index in [-0.39, 0.29) is 30.1 Å². The van der Waals surface area contributed by atoms with Crippen LogP contribution in [0.2, 0.25) is 0 Å². The number of aliphatic hydroxyl groups is 1. The molecule has 2 aromatic heterocycles. The predicted octanol–water partition coefficient (Wildman–Crippen LogP) is 4.03.